The van der Waals surface area contributed by atoms with Crippen LogP contribution < -0.4 is 0 Å². The number of rotatable bonds is 3. The van der Waals surface area contributed by atoms with E-state index in [1.807, 2.05) is 25.2 Å². The van der Waals surface area contributed by atoms with Crippen LogP contribution in [0.15, 0.2) is 23.9 Å². The molecule has 0 aromatic heterocycles. The SMILES string of the molecule is C=C1C2C(=O)[C@@]34C(CC[C@@H]1[C@@H]23)[C@@]12CO[C@]4(OC(C)(C)O)[C@@H](O)[C@@H]1C(C)(C)C/C(=C/N(C)C)C2=O. The van der Waals surface area contributed by atoms with Crippen molar-refractivity contribution in [1.82, 2.24) is 4.90 Å². The summed E-state index contributed by atoms with van der Waals surface area (Å²) in [5.74, 6) is -4.27. The van der Waals surface area contributed by atoms with Crippen LogP contribution in [0, 0.1) is 45.8 Å². The summed E-state index contributed by atoms with van der Waals surface area (Å²) in [5.41, 5.74) is -0.913. The van der Waals surface area contributed by atoms with Gasteiger partial charge in [-0.15, -0.1) is 0 Å². The fourth-order valence-electron chi connectivity index (χ4n) is 9.71. The van der Waals surface area contributed by atoms with Crippen molar-refractivity contribution >= 4 is 11.6 Å². The lowest BCUT2D eigenvalue weighted by atomic mass is 9.23. The van der Waals surface area contributed by atoms with Crippen molar-refractivity contribution in [3.63, 3.8) is 0 Å². The Bertz CT molecular complexity index is 1050. The van der Waals surface area contributed by atoms with Gasteiger partial charge in [0, 0.05) is 37.7 Å². The Morgan fingerprint density at radius 2 is 1.91 bits per heavy atom. The molecule has 0 radical (unpaired) electrons. The minimum atomic E-state index is -1.68. The zero-order chi connectivity index (χ0) is 24.8. The van der Waals surface area contributed by atoms with Crippen LogP contribution in [0.2, 0.25) is 0 Å². The zero-order valence-electron chi connectivity index (χ0n) is 21.1. The summed E-state index contributed by atoms with van der Waals surface area (Å²) in [6, 6.07) is 0. The minimum Gasteiger partial charge on any atom is -0.387 e. The summed E-state index contributed by atoms with van der Waals surface area (Å²) in [4.78, 5) is 30.3. The lowest BCUT2D eigenvalue weighted by molar-refractivity contribution is -0.493. The van der Waals surface area contributed by atoms with Crippen molar-refractivity contribution in [3.05, 3.63) is 23.9 Å². The second kappa shape index (κ2) is 6.23. The van der Waals surface area contributed by atoms with E-state index in [1.54, 1.807) is 0 Å². The third kappa shape index (κ3) is 2.17. The maximum Gasteiger partial charge on any atom is 0.211 e. The van der Waals surface area contributed by atoms with E-state index in [0.717, 1.165) is 17.6 Å². The molecule has 2 heterocycles. The van der Waals surface area contributed by atoms with Crippen LogP contribution in [0.4, 0.5) is 0 Å². The molecule has 186 valence electrons. The quantitative estimate of drug-likeness (QED) is 0.370. The van der Waals surface area contributed by atoms with E-state index in [1.165, 1.54) is 13.8 Å². The van der Waals surface area contributed by atoms with Gasteiger partial charge in [-0.1, -0.05) is 26.0 Å². The number of hydrogen-bond donors (Lipinski definition) is 2. The van der Waals surface area contributed by atoms with Gasteiger partial charge >= 0.3 is 0 Å². The number of ether oxygens (including phenoxy) is 2. The molecule has 0 amide bonds. The van der Waals surface area contributed by atoms with Crippen LogP contribution in [-0.2, 0) is 19.1 Å². The topological polar surface area (TPSA) is 96.3 Å². The molecule has 2 saturated heterocycles. The third-order valence-corrected chi connectivity index (χ3v) is 10.2. The minimum absolute atomic E-state index is 0.00152. The Labute approximate surface area is 201 Å². The number of fused-ring (bicyclic) bond motifs is 1. The molecule has 9 atom stereocenters. The highest BCUT2D eigenvalue weighted by Gasteiger charge is 2.92. The fourth-order valence-corrected chi connectivity index (χ4v) is 9.71. The molecular formula is C27H37NO6. The van der Waals surface area contributed by atoms with Gasteiger partial charge in [-0.05, 0) is 56.3 Å². The Kier molecular flexibility index (Phi) is 4.19. The molecule has 2 bridgehead atoms. The highest BCUT2D eigenvalue weighted by atomic mass is 16.8. The molecule has 0 aromatic rings. The van der Waals surface area contributed by atoms with Gasteiger partial charge in [0.05, 0.1) is 17.4 Å². The molecule has 7 heteroatoms. The predicted octanol–water partition coefficient (Wildman–Crippen LogP) is 2.28. The van der Waals surface area contributed by atoms with E-state index in [4.69, 9.17) is 9.47 Å². The first kappa shape index (κ1) is 22.9. The fraction of sp³-hybridized carbons (Fsp3) is 0.778. The number of ketones is 2. The monoisotopic (exact) mass is 471 g/mol. The zero-order valence-corrected chi connectivity index (χ0v) is 21.1. The van der Waals surface area contributed by atoms with Crippen LogP contribution in [-0.4, -0.2) is 65.1 Å². The van der Waals surface area contributed by atoms with Crippen LogP contribution in [0.25, 0.3) is 0 Å². The highest BCUT2D eigenvalue weighted by Crippen LogP contribution is 2.84. The number of Topliss-reactive ketones (excluding diaryl/α,β-unsaturated/α-hetero) is 2. The Balaban J connectivity index is 1.62. The highest BCUT2D eigenvalue weighted by molar-refractivity contribution is 6.06. The third-order valence-electron chi connectivity index (χ3n) is 10.2. The lowest BCUT2D eigenvalue weighted by Crippen LogP contribution is -2.92. The van der Waals surface area contributed by atoms with E-state index < -0.39 is 39.8 Å². The predicted molar refractivity (Wildman–Crippen MR) is 123 cm³/mol. The Morgan fingerprint density at radius 3 is 2.53 bits per heavy atom. The van der Waals surface area contributed by atoms with E-state index >= 15 is 0 Å². The number of aliphatic hydroxyl groups is 2. The number of nitrogens with zero attached hydrogens (tertiary/aromatic N) is 1. The number of hydrogen-bond acceptors (Lipinski definition) is 7. The molecule has 2 N–H and O–H groups in total. The van der Waals surface area contributed by atoms with Crippen molar-refractivity contribution in [3.8, 4) is 0 Å². The van der Waals surface area contributed by atoms with Crippen LogP contribution >= 0.6 is 0 Å². The second-order valence-electron chi connectivity index (χ2n) is 13.1. The molecule has 2 unspecified atom stereocenters. The Hall–Kier alpha value is -1.54. The smallest absolute Gasteiger partial charge is 0.211 e. The molecule has 7 rings (SSSR count). The molecule has 0 aromatic carbocycles. The maximum atomic E-state index is 14.4. The van der Waals surface area contributed by atoms with Gasteiger partial charge in [0.2, 0.25) is 5.79 Å². The maximum absolute atomic E-state index is 14.4. The molecule has 5 saturated carbocycles. The number of carbonyl (C=O) groups excluding carboxylic acids is 2. The van der Waals surface area contributed by atoms with Gasteiger partial charge < -0.3 is 24.6 Å². The molecule has 7 nitrogen and oxygen atoms in total. The van der Waals surface area contributed by atoms with E-state index in [9.17, 15) is 19.8 Å². The molecule has 5 aliphatic carbocycles. The second-order valence-corrected chi connectivity index (χ2v) is 13.1. The number of aliphatic hydroxyl groups excluding tert-OH is 1. The number of carbonyl (C=O) groups is 2. The van der Waals surface area contributed by atoms with Gasteiger partial charge in [0.15, 0.2) is 17.4 Å². The summed E-state index contributed by atoms with van der Waals surface area (Å²) in [6.45, 7) is 11.5. The molecule has 2 spiro atoms. The van der Waals surface area contributed by atoms with Crippen molar-refractivity contribution < 1.29 is 29.3 Å². The van der Waals surface area contributed by atoms with Gasteiger partial charge in [-0.2, -0.15) is 0 Å². The Morgan fingerprint density at radius 1 is 1.24 bits per heavy atom. The average Bonchev–Trinajstić information content (AvgIpc) is 2.69. The van der Waals surface area contributed by atoms with Gasteiger partial charge in [-0.25, -0.2) is 0 Å². The summed E-state index contributed by atoms with van der Waals surface area (Å²) in [7, 11) is 3.80. The molecule has 34 heavy (non-hydrogen) atoms. The van der Waals surface area contributed by atoms with Gasteiger partial charge in [-0.3, -0.25) is 9.59 Å². The van der Waals surface area contributed by atoms with Crippen LogP contribution in [0.1, 0.15) is 47.0 Å². The van der Waals surface area contributed by atoms with E-state index in [0.29, 0.717) is 12.8 Å². The average molecular weight is 472 g/mol. The molecule has 2 aliphatic heterocycles. The number of allylic oxidation sites excluding steroid dienone is 2. The summed E-state index contributed by atoms with van der Waals surface area (Å²) >= 11 is 0. The van der Waals surface area contributed by atoms with Gasteiger partial charge in [0.1, 0.15) is 6.10 Å². The molecule has 7 aliphatic rings. The normalized spacial score (nSPS) is 51.3. The van der Waals surface area contributed by atoms with Crippen molar-refractivity contribution in [2.24, 2.45) is 45.8 Å². The van der Waals surface area contributed by atoms with E-state index in [-0.39, 0.29) is 41.8 Å². The lowest BCUT2D eigenvalue weighted by Gasteiger charge is -2.83. The van der Waals surface area contributed by atoms with Crippen molar-refractivity contribution in [2.75, 3.05) is 20.7 Å². The first-order valence-electron chi connectivity index (χ1n) is 12.6. The largest absolute Gasteiger partial charge is 0.387 e. The first-order chi connectivity index (χ1) is 15.7. The molecule has 7 fully saturated rings. The first-order valence-corrected chi connectivity index (χ1v) is 12.6. The summed E-state index contributed by atoms with van der Waals surface area (Å²) in [6.07, 6.45) is 2.75. The van der Waals surface area contributed by atoms with Gasteiger partial charge in [0.25, 0.3) is 0 Å². The molecular weight excluding hydrogens is 434 g/mol. The van der Waals surface area contributed by atoms with E-state index in [2.05, 4.69) is 20.4 Å². The standard InChI is InChI=1S/C27H37NO6/c1-13-15-8-9-16-25-12-33-27(34-24(4,5)32,26(16)18(15)17(13)21(26)30)22(31)19(25)23(2,3)10-14(20(25)29)11-28(6)7/h11,15-19,22,31-32H,1,8-10,12H2,2-7H3/b14-11-/t15-,16?,17?,18-,19+,22-,25-,26+,27-/m0/s1. The van der Waals surface area contributed by atoms with Crippen LogP contribution in [0.3, 0.4) is 0 Å². The van der Waals surface area contributed by atoms with Crippen molar-refractivity contribution in [2.45, 2.75) is 64.6 Å². The summed E-state index contributed by atoms with van der Waals surface area (Å²) in [5, 5.41) is 23.0. The van der Waals surface area contributed by atoms with Crippen LogP contribution in [0.5, 0.6) is 0 Å². The summed E-state index contributed by atoms with van der Waals surface area (Å²) < 4.78 is 12.8. The van der Waals surface area contributed by atoms with Crippen molar-refractivity contribution in [1.29, 1.82) is 0 Å².